The molecule has 1 heterocycles. The highest BCUT2D eigenvalue weighted by Gasteiger charge is 2.14. The van der Waals surface area contributed by atoms with Crippen LogP contribution >= 0.6 is 0 Å². The Balaban J connectivity index is 2.01. The molecule has 0 spiro atoms. The Bertz CT molecular complexity index is 743. The minimum Gasteiger partial charge on any atom is -0.490 e. The molecule has 2 aromatic rings. The molecule has 6 nitrogen and oxygen atoms in total. The summed E-state index contributed by atoms with van der Waals surface area (Å²) in [5, 5.41) is 12.7. The first-order valence-electron chi connectivity index (χ1n) is 8.72. The highest BCUT2D eigenvalue weighted by Crippen LogP contribution is 2.23. The van der Waals surface area contributed by atoms with Gasteiger partial charge in [0.1, 0.15) is 30.1 Å². The average Bonchev–Trinajstić information content (AvgIpc) is 2.66. The molecular weight excluding hydrogens is 328 g/mol. The second-order valence-electron chi connectivity index (χ2n) is 6.15. The van der Waals surface area contributed by atoms with Gasteiger partial charge >= 0.3 is 0 Å². The van der Waals surface area contributed by atoms with Gasteiger partial charge in [-0.2, -0.15) is 5.26 Å². The maximum absolute atomic E-state index is 9.44. The summed E-state index contributed by atoms with van der Waals surface area (Å²) in [5.74, 6) is 1.12. The fourth-order valence-electron chi connectivity index (χ4n) is 2.22. The first-order chi connectivity index (χ1) is 12.5. The normalized spacial score (nSPS) is 11.7. The van der Waals surface area contributed by atoms with Gasteiger partial charge in [0.25, 0.3) is 0 Å². The maximum Gasteiger partial charge on any atom is 0.232 e. The van der Waals surface area contributed by atoms with E-state index in [4.69, 9.17) is 9.47 Å². The first kappa shape index (κ1) is 19.5. The van der Waals surface area contributed by atoms with Crippen molar-refractivity contribution < 1.29 is 9.47 Å². The summed E-state index contributed by atoms with van der Waals surface area (Å²) in [6.07, 6.45) is -0.237. The van der Waals surface area contributed by atoms with E-state index in [-0.39, 0.29) is 6.10 Å². The summed E-state index contributed by atoms with van der Waals surface area (Å²) in [7, 11) is 2.02. The smallest absolute Gasteiger partial charge is 0.232 e. The molecule has 6 heteroatoms. The van der Waals surface area contributed by atoms with Gasteiger partial charge < -0.3 is 14.8 Å². The Morgan fingerprint density at radius 2 is 2.04 bits per heavy atom. The van der Waals surface area contributed by atoms with Crippen LogP contribution in [0, 0.1) is 18.3 Å². The molecule has 1 aromatic carbocycles. The highest BCUT2D eigenvalue weighted by molar-refractivity contribution is 5.55. The number of hydrogen-bond donors (Lipinski definition) is 1. The van der Waals surface area contributed by atoms with Crippen LogP contribution in [0.4, 0.5) is 5.69 Å². The zero-order valence-electron chi connectivity index (χ0n) is 15.8. The minimum absolute atomic E-state index is 0.237. The fourth-order valence-corrected chi connectivity index (χ4v) is 2.22. The Morgan fingerprint density at radius 1 is 1.31 bits per heavy atom. The molecule has 1 unspecified atom stereocenters. The molecule has 1 atom stereocenters. The van der Waals surface area contributed by atoms with Crippen molar-refractivity contribution in [2.24, 2.45) is 0 Å². The van der Waals surface area contributed by atoms with E-state index in [1.54, 1.807) is 6.07 Å². The second kappa shape index (κ2) is 9.64. The van der Waals surface area contributed by atoms with Crippen molar-refractivity contribution >= 4 is 5.69 Å². The van der Waals surface area contributed by atoms with Crippen molar-refractivity contribution in [3.05, 3.63) is 47.7 Å². The molecule has 0 saturated carbocycles. The van der Waals surface area contributed by atoms with Crippen molar-refractivity contribution in [3.63, 3.8) is 0 Å². The Kier molecular flexibility index (Phi) is 7.24. The minimum atomic E-state index is -0.237. The third-order valence-electron chi connectivity index (χ3n) is 3.92. The second-order valence-corrected chi connectivity index (χ2v) is 6.15. The molecule has 0 aliphatic carbocycles. The number of nitriles is 1. The molecule has 0 bridgehead atoms. The number of rotatable bonds is 9. The van der Waals surface area contributed by atoms with E-state index in [2.05, 4.69) is 28.2 Å². The average molecular weight is 354 g/mol. The Morgan fingerprint density at radius 3 is 2.69 bits per heavy atom. The molecule has 0 saturated heterocycles. The largest absolute Gasteiger partial charge is 0.490 e. The van der Waals surface area contributed by atoms with Gasteiger partial charge in [0, 0.05) is 0 Å². The van der Waals surface area contributed by atoms with Crippen LogP contribution in [0.15, 0.2) is 36.4 Å². The van der Waals surface area contributed by atoms with E-state index in [1.807, 2.05) is 51.2 Å². The SMILES string of the molecule is CCN(C)CNc1cc(C#N)c(OC(C)COc2ccccc2)nc1C. The van der Waals surface area contributed by atoms with Crippen LogP contribution in [0.3, 0.4) is 0 Å². The molecule has 2 rings (SSSR count). The fraction of sp³-hybridized carbons (Fsp3) is 0.400. The van der Waals surface area contributed by atoms with Gasteiger partial charge in [-0.05, 0) is 45.6 Å². The van der Waals surface area contributed by atoms with Crippen LogP contribution in [-0.4, -0.2) is 42.9 Å². The van der Waals surface area contributed by atoms with Gasteiger partial charge in [0.2, 0.25) is 5.88 Å². The summed E-state index contributed by atoms with van der Waals surface area (Å²) in [4.78, 5) is 6.59. The lowest BCUT2D eigenvalue weighted by Gasteiger charge is -2.19. The molecule has 0 fully saturated rings. The van der Waals surface area contributed by atoms with Crippen molar-refractivity contribution in [2.45, 2.75) is 26.9 Å². The quantitative estimate of drug-likeness (QED) is 0.696. The van der Waals surface area contributed by atoms with Gasteiger partial charge in [-0.15, -0.1) is 0 Å². The molecule has 0 amide bonds. The zero-order valence-corrected chi connectivity index (χ0v) is 15.8. The Hall–Kier alpha value is -2.78. The summed E-state index contributed by atoms with van der Waals surface area (Å²) < 4.78 is 11.5. The number of benzene rings is 1. The molecule has 0 radical (unpaired) electrons. The number of nitrogens with one attached hydrogen (secondary N) is 1. The summed E-state index contributed by atoms with van der Waals surface area (Å²) in [5.41, 5.74) is 2.03. The Labute approximate surface area is 155 Å². The molecule has 0 aliphatic heterocycles. The maximum atomic E-state index is 9.44. The number of hydrogen-bond acceptors (Lipinski definition) is 6. The molecule has 26 heavy (non-hydrogen) atoms. The predicted molar refractivity (Wildman–Crippen MR) is 103 cm³/mol. The lowest BCUT2D eigenvalue weighted by atomic mass is 10.2. The van der Waals surface area contributed by atoms with Crippen LogP contribution in [0.25, 0.3) is 0 Å². The van der Waals surface area contributed by atoms with Crippen LogP contribution in [0.2, 0.25) is 0 Å². The van der Waals surface area contributed by atoms with Crippen molar-refractivity contribution in [1.29, 1.82) is 5.26 Å². The number of aromatic nitrogens is 1. The van der Waals surface area contributed by atoms with E-state index >= 15 is 0 Å². The molecule has 1 aromatic heterocycles. The molecule has 0 aliphatic rings. The number of para-hydroxylation sites is 1. The van der Waals surface area contributed by atoms with Crippen molar-refractivity contribution in [1.82, 2.24) is 9.88 Å². The van der Waals surface area contributed by atoms with Gasteiger partial charge in [-0.3, -0.25) is 4.90 Å². The first-order valence-corrected chi connectivity index (χ1v) is 8.72. The lowest BCUT2D eigenvalue weighted by Crippen LogP contribution is -2.25. The monoisotopic (exact) mass is 354 g/mol. The van der Waals surface area contributed by atoms with Crippen LogP contribution in [0.5, 0.6) is 11.6 Å². The van der Waals surface area contributed by atoms with Gasteiger partial charge in [-0.25, -0.2) is 4.98 Å². The third kappa shape index (κ3) is 5.64. The topological polar surface area (TPSA) is 70.4 Å². The number of nitrogens with zero attached hydrogens (tertiary/aromatic N) is 3. The lowest BCUT2D eigenvalue weighted by molar-refractivity contribution is 0.137. The third-order valence-corrected chi connectivity index (χ3v) is 3.92. The molecule has 138 valence electrons. The number of pyridine rings is 1. The van der Waals surface area contributed by atoms with E-state index in [0.717, 1.165) is 23.7 Å². The van der Waals surface area contributed by atoms with Gasteiger partial charge in [0.15, 0.2) is 0 Å². The van der Waals surface area contributed by atoms with Crippen LogP contribution < -0.4 is 14.8 Å². The van der Waals surface area contributed by atoms with Crippen LogP contribution in [-0.2, 0) is 0 Å². The van der Waals surface area contributed by atoms with E-state index < -0.39 is 0 Å². The summed E-state index contributed by atoms with van der Waals surface area (Å²) in [6.45, 7) is 7.87. The van der Waals surface area contributed by atoms with E-state index in [1.165, 1.54) is 0 Å². The highest BCUT2D eigenvalue weighted by atomic mass is 16.5. The molecule has 1 N–H and O–H groups in total. The standard InChI is InChI=1S/C20H26N4O2/c1-5-24(4)14-22-19-11-17(12-21)20(23-16(19)3)26-15(2)13-25-18-9-7-6-8-10-18/h6-11,15,22H,5,13-14H2,1-4H3. The van der Waals surface area contributed by atoms with Crippen LogP contribution in [0.1, 0.15) is 25.1 Å². The number of anilines is 1. The summed E-state index contributed by atoms with van der Waals surface area (Å²) in [6, 6.07) is 13.5. The van der Waals surface area contributed by atoms with E-state index in [0.29, 0.717) is 24.7 Å². The van der Waals surface area contributed by atoms with Crippen molar-refractivity contribution in [2.75, 3.05) is 32.2 Å². The zero-order chi connectivity index (χ0) is 18.9. The van der Waals surface area contributed by atoms with Crippen molar-refractivity contribution in [3.8, 4) is 17.7 Å². The van der Waals surface area contributed by atoms with E-state index in [9.17, 15) is 5.26 Å². The predicted octanol–water partition coefficient (Wildman–Crippen LogP) is 3.43. The number of ether oxygens (including phenoxy) is 2. The van der Waals surface area contributed by atoms with Gasteiger partial charge in [0.05, 0.1) is 18.1 Å². The molecular formula is C20H26N4O2. The summed E-state index contributed by atoms with van der Waals surface area (Å²) >= 11 is 0. The number of aryl methyl sites for hydroxylation is 1. The van der Waals surface area contributed by atoms with Gasteiger partial charge in [-0.1, -0.05) is 25.1 Å².